The van der Waals surface area contributed by atoms with Crippen molar-refractivity contribution in [2.75, 3.05) is 13.7 Å². The number of nitrogens with two attached hydrogens (primary N) is 1. The first-order valence-corrected chi connectivity index (χ1v) is 8.28. The second kappa shape index (κ2) is 5.65. The van der Waals surface area contributed by atoms with Gasteiger partial charge in [0.2, 0.25) is 10.0 Å². The van der Waals surface area contributed by atoms with E-state index in [1.54, 1.807) is 25.8 Å². The highest BCUT2D eigenvalue weighted by molar-refractivity contribution is 7.89. The molecule has 1 saturated carbocycles. The van der Waals surface area contributed by atoms with Crippen molar-refractivity contribution in [3.05, 3.63) is 23.3 Å². The van der Waals surface area contributed by atoms with E-state index in [1.807, 2.05) is 0 Å². The van der Waals surface area contributed by atoms with E-state index >= 15 is 0 Å². The van der Waals surface area contributed by atoms with Gasteiger partial charge in [0.15, 0.2) is 6.61 Å². The van der Waals surface area contributed by atoms with Crippen LogP contribution < -0.4 is 9.88 Å². The van der Waals surface area contributed by atoms with Crippen molar-refractivity contribution in [2.45, 2.75) is 37.6 Å². The van der Waals surface area contributed by atoms with Gasteiger partial charge >= 0.3 is 0 Å². The van der Waals surface area contributed by atoms with Crippen LogP contribution in [0.4, 0.5) is 0 Å². The molecule has 1 aliphatic carbocycles. The average Bonchev–Trinajstić information content (AvgIpc) is 3.22. The molecule has 0 radical (unpaired) electrons. The average molecular weight is 312 g/mol. The molecule has 1 aromatic carbocycles. The molecule has 21 heavy (non-hydrogen) atoms. The number of carbonyl (C=O) groups is 1. The zero-order valence-corrected chi connectivity index (χ0v) is 13.2. The lowest BCUT2D eigenvalue weighted by atomic mass is 10.1. The maximum Gasteiger partial charge on any atom is 0.260 e. The van der Waals surface area contributed by atoms with Gasteiger partial charge < -0.3 is 9.64 Å². The van der Waals surface area contributed by atoms with Gasteiger partial charge in [-0.25, -0.2) is 13.6 Å². The van der Waals surface area contributed by atoms with E-state index in [9.17, 15) is 13.2 Å². The number of nitrogens with zero attached hydrogens (tertiary/aromatic N) is 1. The van der Waals surface area contributed by atoms with Crippen molar-refractivity contribution in [3.8, 4) is 5.75 Å². The number of rotatable bonds is 5. The summed E-state index contributed by atoms with van der Waals surface area (Å²) in [7, 11) is -1.98. The molecule has 0 heterocycles. The first-order chi connectivity index (χ1) is 9.71. The van der Waals surface area contributed by atoms with Crippen molar-refractivity contribution in [1.29, 1.82) is 0 Å². The number of ether oxygens (including phenoxy) is 1. The molecular formula is C14H20N2O4S. The highest BCUT2D eigenvalue weighted by Gasteiger charge is 2.29. The zero-order chi connectivity index (χ0) is 15.8. The molecule has 0 bridgehead atoms. The standard InChI is InChI=1S/C14H20N2O4S/c1-9-10(2)13(21(15,18)19)7-6-12(9)20-8-14(17)16(3)11-4-5-11/h6-7,11H,4-5,8H2,1-3H3,(H2,15,18,19). The molecule has 2 N–H and O–H groups in total. The molecule has 6 nitrogen and oxygen atoms in total. The molecule has 0 spiro atoms. The van der Waals surface area contributed by atoms with Gasteiger partial charge in [0.05, 0.1) is 4.90 Å². The number of carbonyl (C=O) groups excluding carboxylic acids is 1. The zero-order valence-electron chi connectivity index (χ0n) is 12.4. The topological polar surface area (TPSA) is 89.7 Å². The highest BCUT2D eigenvalue weighted by Crippen LogP contribution is 2.27. The summed E-state index contributed by atoms with van der Waals surface area (Å²) >= 11 is 0. The van der Waals surface area contributed by atoms with Gasteiger partial charge in [0.25, 0.3) is 5.91 Å². The minimum atomic E-state index is -3.75. The molecule has 0 saturated heterocycles. The van der Waals surface area contributed by atoms with Crippen molar-refractivity contribution in [1.82, 2.24) is 4.90 Å². The Morgan fingerprint density at radius 3 is 2.48 bits per heavy atom. The van der Waals surface area contributed by atoms with Crippen LogP contribution in [-0.4, -0.2) is 38.9 Å². The van der Waals surface area contributed by atoms with Gasteiger partial charge in [-0.3, -0.25) is 4.79 Å². The van der Waals surface area contributed by atoms with Crippen LogP contribution in [0.15, 0.2) is 17.0 Å². The molecule has 0 aromatic heterocycles. The number of amides is 1. The van der Waals surface area contributed by atoms with E-state index in [-0.39, 0.29) is 17.4 Å². The van der Waals surface area contributed by atoms with Gasteiger partial charge in [-0.15, -0.1) is 0 Å². The quantitative estimate of drug-likeness (QED) is 0.876. The van der Waals surface area contributed by atoms with Gasteiger partial charge in [-0.1, -0.05) is 0 Å². The fourth-order valence-corrected chi connectivity index (χ4v) is 2.98. The normalized spacial score (nSPS) is 14.9. The Morgan fingerprint density at radius 2 is 1.95 bits per heavy atom. The van der Waals surface area contributed by atoms with Crippen molar-refractivity contribution in [3.63, 3.8) is 0 Å². The Bertz CT molecular complexity index is 666. The van der Waals surface area contributed by atoms with Crippen molar-refractivity contribution < 1.29 is 17.9 Å². The second-order valence-corrected chi connectivity index (χ2v) is 6.91. The van der Waals surface area contributed by atoms with Crippen LogP contribution in [0.3, 0.4) is 0 Å². The van der Waals surface area contributed by atoms with E-state index in [0.717, 1.165) is 12.8 Å². The molecule has 1 aromatic rings. The van der Waals surface area contributed by atoms with E-state index < -0.39 is 10.0 Å². The monoisotopic (exact) mass is 312 g/mol. The van der Waals surface area contributed by atoms with E-state index in [1.165, 1.54) is 12.1 Å². The number of hydrogen-bond acceptors (Lipinski definition) is 4. The third-order valence-electron chi connectivity index (χ3n) is 3.83. The second-order valence-electron chi connectivity index (χ2n) is 5.38. The van der Waals surface area contributed by atoms with Gasteiger partial charge in [0, 0.05) is 13.1 Å². The summed E-state index contributed by atoms with van der Waals surface area (Å²) in [5, 5.41) is 5.15. The first kappa shape index (κ1) is 15.8. The van der Waals surface area contributed by atoms with Crippen LogP contribution >= 0.6 is 0 Å². The molecule has 0 atom stereocenters. The van der Waals surface area contributed by atoms with Crippen molar-refractivity contribution in [2.24, 2.45) is 5.14 Å². The summed E-state index contributed by atoms with van der Waals surface area (Å²) in [6.07, 6.45) is 2.09. The molecule has 2 rings (SSSR count). The van der Waals surface area contributed by atoms with Crippen LogP contribution in [0.5, 0.6) is 5.75 Å². The Hall–Kier alpha value is -1.60. The smallest absolute Gasteiger partial charge is 0.260 e. The lowest BCUT2D eigenvalue weighted by molar-refractivity contribution is -0.132. The van der Waals surface area contributed by atoms with Crippen LogP contribution in [0.1, 0.15) is 24.0 Å². The van der Waals surface area contributed by atoms with Crippen LogP contribution in [0.2, 0.25) is 0 Å². The fraction of sp³-hybridized carbons (Fsp3) is 0.500. The Kier molecular flexibility index (Phi) is 4.25. The predicted molar refractivity (Wildman–Crippen MR) is 78.6 cm³/mol. The SMILES string of the molecule is Cc1c(OCC(=O)N(C)C2CC2)ccc(S(N)(=O)=O)c1C. The molecule has 7 heteroatoms. The summed E-state index contributed by atoms with van der Waals surface area (Å²) in [5.41, 5.74) is 1.21. The molecule has 116 valence electrons. The summed E-state index contributed by atoms with van der Waals surface area (Å²) in [5.74, 6) is 0.419. The number of hydrogen-bond donors (Lipinski definition) is 1. The first-order valence-electron chi connectivity index (χ1n) is 6.73. The third kappa shape index (κ3) is 3.54. The number of benzene rings is 1. The number of primary sulfonamides is 1. The third-order valence-corrected chi connectivity index (χ3v) is 4.89. The minimum absolute atomic E-state index is 0.0536. The lowest BCUT2D eigenvalue weighted by Gasteiger charge is -2.18. The largest absolute Gasteiger partial charge is 0.483 e. The van der Waals surface area contributed by atoms with E-state index in [0.29, 0.717) is 22.9 Å². The van der Waals surface area contributed by atoms with E-state index in [4.69, 9.17) is 9.88 Å². The molecule has 0 unspecified atom stereocenters. The molecular weight excluding hydrogens is 292 g/mol. The van der Waals surface area contributed by atoms with Gasteiger partial charge in [-0.2, -0.15) is 0 Å². The molecule has 0 aliphatic heterocycles. The van der Waals surface area contributed by atoms with E-state index in [2.05, 4.69) is 0 Å². The summed E-state index contributed by atoms with van der Waals surface area (Å²) in [6, 6.07) is 3.28. The van der Waals surface area contributed by atoms with Gasteiger partial charge in [-0.05, 0) is 49.9 Å². The predicted octanol–water partition coefficient (Wildman–Crippen LogP) is 0.950. The number of sulfonamides is 1. The molecule has 1 fully saturated rings. The maximum absolute atomic E-state index is 11.9. The minimum Gasteiger partial charge on any atom is -0.483 e. The Labute approximate surface area is 124 Å². The molecule has 1 amide bonds. The summed E-state index contributed by atoms with van der Waals surface area (Å²) in [6.45, 7) is 3.36. The lowest BCUT2D eigenvalue weighted by Crippen LogP contribution is -2.33. The van der Waals surface area contributed by atoms with Gasteiger partial charge in [0.1, 0.15) is 5.75 Å². The summed E-state index contributed by atoms with van der Waals surface area (Å²) in [4.78, 5) is 13.7. The van der Waals surface area contributed by atoms with Crippen LogP contribution in [-0.2, 0) is 14.8 Å². The maximum atomic E-state index is 11.9. The molecule has 1 aliphatic rings. The van der Waals surface area contributed by atoms with Crippen molar-refractivity contribution >= 4 is 15.9 Å². The highest BCUT2D eigenvalue weighted by atomic mass is 32.2. The summed E-state index contributed by atoms with van der Waals surface area (Å²) < 4.78 is 28.4. The Morgan fingerprint density at radius 1 is 1.33 bits per heavy atom. The van der Waals surface area contributed by atoms with Crippen LogP contribution in [0.25, 0.3) is 0 Å². The number of likely N-dealkylation sites (N-methyl/N-ethyl adjacent to an activating group) is 1. The Balaban J connectivity index is 2.11. The van der Waals surface area contributed by atoms with Crippen LogP contribution in [0, 0.1) is 13.8 Å². The fourth-order valence-electron chi connectivity index (χ4n) is 2.14.